The first-order valence-electron chi connectivity index (χ1n) is 38.1. The number of aliphatic hydroxyl groups excluding tert-OH is 2. The predicted octanol–water partition coefficient (Wildman–Crippen LogP) is 15.0. The summed E-state index contributed by atoms with van der Waals surface area (Å²) in [7, 11) is 0. The number of halogens is 2. The van der Waals surface area contributed by atoms with Gasteiger partial charge in [-0.2, -0.15) is 0 Å². The molecule has 9 aliphatic heterocycles. The molecule has 11 heterocycles. The summed E-state index contributed by atoms with van der Waals surface area (Å²) in [6.07, 6.45) is 14.1. The molecule has 16 rings (SSSR count). The van der Waals surface area contributed by atoms with E-state index < -0.39 is 35.7 Å². The molecule has 7 aromatic rings. The zero-order valence-corrected chi connectivity index (χ0v) is 69.7. The molecule has 20 nitrogen and oxygen atoms in total. The van der Waals surface area contributed by atoms with Gasteiger partial charge in [0.2, 0.25) is 17.7 Å². The van der Waals surface area contributed by atoms with Gasteiger partial charge < -0.3 is 53.8 Å². The molecule has 0 spiro atoms. The Balaban J connectivity index is 0.000000142. The first-order chi connectivity index (χ1) is 51.4. The van der Waals surface area contributed by atoms with Crippen molar-refractivity contribution in [3.8, 4) is 0 Å². The average Bonchev–Trinajstić information content (AvgIpc) is 1.62. The van der Waals surface area contributed by atoms with Crippen molar-refractivity contribution in [1.82, 2.24) is 18.3 Å². The van der Waals surface area contributed by atoms with Crippen LogP contribution in [-0.2, 0) is 104 Å². The van der Waals surface area contributed by atoms with Crippen LogP contribution in [0.1, 0.15) is 163 Å². The molecule has 22 heteroatoms. The minimum absolute atomic E-state index is 0.00310. The van der Waals surface area contributed by atoms with Crippen molar-refractivity contribution in [3.05, 3.63) is 205 Å². The SMILES string of the molecule is CC(C)=CCBr.CC(C)=CCN1C(=O)Cc2ccccc21.CC1(C)CCN2C(=O)Cc3cccc1c32.CC1(C)OC[C@H](/C=C\CBr)O1.CC1(C)OC[C@H](/C=C\Cn2c(=O)n3c4c(cccc42)C(C)(C)CC3)O1.CC1(C)OC[C@H]([C@@H](O)[C@@H](O)Cn2c(=O)n3c4c(cccc42)C(C)(C)CC3)O1.O=C1Cc2ccccc2N1. The second-order valence-electron chi connectivity index (χ2n) is 33.0. The number of hydrogen-bond acceptors (Lipinski definition) is 13. The Hall–Kier alpha value is -7.35. The molecule has 588 valence electrons. The van der Waals surface area contributed by atoms with Gasteiger partial charge in [-0.05, 0) is 162 Å². The highest BCUT2D eigenvalue weighted by molar-refractivity contribution is 9.09. The van der Waals surface area contributed by atoms with Crippen molar-refractivity contribution in [3.63, 3.8) is 0 Å². The second kappa shape index (κ2) is 35.1. The molecule has 2 aromatic heterocycles. The number of amides is 3. The summed E-state index contributed by atoms with van der Waals surface area (Å²) >= 11 is 6.58. The number of alkyl halides is 2. The zero-order chi connectivity index (χ0) is 79.1. The van der Waals surface area contributed by atoms with Crippen LogP contribution >= 0.6 is 31.9 Å². The molecule has 3 fully saturated rings. The summed E-state index contributed by atoms with van der Waals surface area (Å²) in [4.78, 5) is 64.0. The van der Waals surface area contributed by atoms with Crippen molar-refractivity contribution in [2.75, 3.05) is 58.7 Å². The molecule has 5 atom stereocenters. The number of ether oxygens (including phenoxy) is 6. The van der Waals surface area contributed by atoms with Gasteiger partial charge in [-0.1, -0.05) is 200 Å². The van der Waals surface area contributed by atoms with Crippen LogP contribution in [0.25, 0.3) is 22.1 Å². The number of aryl methyl sites for hydroxylation is 2. The van der Waals surface area contributed by atoms with E-state index in [4.69, 9.17) is 28.4 Å². The van der Waals surface area contributed by atoms with E-state index in [9.17, 15) is 34.2 Å². The number of allylic oxidation sites excluding steroid dienone is 5. The molecule has 0 bridgehead atoms. The van der Waals surface area contributed by atoms with Gasteiger partial charge >= 0.3 is 11.4 Å². The molecule has 0 radical (unpaired) electrons. The third-order valence-electron chi connectivity index (χ3n) is 21.2. The lowest BCUT2D eigenvalue weighted by atomic mass is 9.77. The Kier molecular flexibility index (Phi) is 27.1. The summed E-state index contributed by atoms with van der Waals surface area (Å²) in [5.41, 5.74) is 17.2. The van der Waals surface area contributed by atoms with Crippen molar-refractivity contribution in [2.24, 2.45) is 0 Å². The van der Waals surface area contributed by atoms with E-state index in [-0.39, 0.29) is 70.7 Å². The largest absolute Gasteiger partial charge is 0.388 e. The van der Waals surface area contributed by atoms with Gasteiger partial charge in [0.1, 0.15) is 30.5 Å². The number of imidazole rings is 2. The fourth-order valence-electron chi connectivity index (χ4n) is 15.1. The monoisotopic (exact) mass is 1620 g/mol. The van der Waals surface area contributed by atoms with Crippen LogP contribution in [0.15, 0.2) is 160 Å². The number of rotatable bonds is 12. The summed E-state index contributed by atoms with van der Waals surface area (Å²) in [6.45, 7) is 37.9. The quantitative estimate of drug-likeness (QED) is 0.0767. The van der Waals surface area contributed by atoms with Crippen molar-refractivity contribution in [2.45, 2.75) is 240 Å². The minimum Gasteiger partial charge on any atom is -0.388 e. The van der Waals surface area contributed by atoms with Crippen LogP contribution < -0.4 is 26.5 Å². The number of aromatic nitrogens is 4. The Morgan fingerprint density at radius 2 is 1.02 bits per heavy atom. The van der Waals surface area contributed by atoms with Crippen LogP contribution in [0.4, 0.5) is 17.1 Å². The average molecular weight is 1620 g/mol. The van der Waals surface area contributed by atoms with E-state index in [0.717, 1.165) is 93.1 Å². The molecule has 3 amide bonds. The highest BCUT2D eigenvalue weighted by Gasteiger charge is 2.42. The maximum absolute atomic E-state index is 13.0. The molecule has 0 unspecified atom stereocenters. The fourth-order valence-corrected chi connectivity index (χ4v) is 16.0. The topological polar surface area (TPSA) is 219 Å². The summed E-state index contributed by atoms with van der Waals surface area (Å²) in [5, 5.41) is 25.7. The molecular formula is C87H113Br2N7O13. The highest BCUT2D eigenvalue weighted by atomic mass is 79.9. The Morgan fingerprint density at radius 1 is 0.523 bits per heavy atom. The van der Waals surface area contributed by atoms with Gasteiger partial charge in [-0.15, -0.1) is 0 Å². The van der Waals surface area contributed by atoms with Gasteiger partial charge in [-0.25, -0.2) is 9.59 Å². The molecule has 3 N–H and O–H groups in total. The van der Waals surface area contributed by atoms with Crippen LogP contribution in [0.2, 0.25) is 0 Å². The van der Waals surface area contributed by atoms with E-state index in [1.54, 1.807) is 23.0 Å². The lowest BCUT2D eigenvalue weighted by molar-refractivity contribution is -0.161. The minimum atomic E-state index is -1.14. The maximum Gasteiger partial charge on any atom is 0.329 e. The van der Waals surface area contributed by atoms with Crippen LogP contribution in [-0.4, -0.2) is 138 Å². The Morgan fingerprint density at radius 3 is 1.56 bits per heavy atom. The van der Waals surface area contributed by atoms with E-state index in [1.807, 2.05) is 152 Å². The number of nitrogens with one attached hydrogen (secondary N) is 1. The van der Waals surface area contributed by atoms with Gasteiger partial charge in [0, 0.05) is 54.8 Å². The first kappa shape index (κ1) is 84.1. The Bertz CT molecular complexity index is 4650. The summed E-state index contributed by atoms with van der Waals surface area (Å²) in [5.74, 6) is -1.14. The lowest BCUT2D eigenvalue weighted by Crippen LogP contribution is -2.43. The standard InChI is InChI=1S/C20H28N2O5.C20H26N2O3.2C13H15NO.C8H13BrO2.C8H7NO.C5H9Br/c1-19(2)8-9-21-16-12(19)6-5-7-13(16)22(18(21)25)10-14(23)17(24)15-11-26-20(3,4)27-15;1-19(2)10-12-22-17-15(19)8-5-9-16(17)21(18(22)23)11-6-7-14-13-24-20(3,4)25-14;1-13(2)6-7-14-11(15)8-9-4-3-5-10(13)12(9)14;1-10(2)7-8-14-12-6-4-3-5-11(12)9-13(14)15;1-8(2)10-6-7(11-8)4-3-5-9;10-8-5-6-3-1-2-4-7(6)9-8;1-5(2)3-4-6/h5-7,14-15,17,23-24H,8-11H2,1-4H3;5-9,14H,10-13H2,1-4H3;3-5H,6-8H2,1-2H3;3-7H,8-9H2,1-2H3;3-4,7H,5-6H2,1-2H3;1-4H,5H2,(H,9,10);3H,4H2,1-2H3/b;7-6-;;;4-3-;;/t14-,15+,17-;14-;;;7-;;/m00..0../s1. The summed E-state index contributed by atoms with van der Waals surface area (Å²) in [6, 6.07) is 34.3. The molecule has 9 aliphatic rings. The zero-order valence-electron chi connectivity index (χ0n) is 66.5. The first-order valence-corrected chi connectivity index (χ1v) is 40.4. The smallest absolute Gasteiger partial charge is 0.329 e. The Labute approximate surface area is 659 Å². The molecular weight excluding hydrogens is 1510 g/mol. The van der Waals surface area contributed by atoms with E-state index >= 15 is 0 Å². The number of benzene rings is 5. The number of carbonyl (C=O) groups excluding carboxylic acids is 3. The van der Waals surface area contributed by atoms with Crippen LogP contribution in [0, 0.1) is 0 Å². The van der Waals surface area contributed by atoms with Crippen molar-refractivity contribution >= 4 is 88.7 Å². The number of anilines is 3. The number of carbonyl (C=O) groups is 3. The van der Waals surface area contributed by atoms with E-state index in [0.29, 0.717) is 52.1 Å². The molecule has 0 saturated carbocycles. The molecule has 109 heavy (non-hydrogen) atoms. The van der Waals surface area contributed by atoms with Crippen molar-refractivity contribution < 1.29 is 53.0 Å². The lowest BCUT2D eigenvalue weighted by Gasteiger charge is -2.37. The van der Waals surface area contributed by atoms with E-state index in [1.165, 1.54) is 33.5 Å². The van der Waals surface area contributed by atoms with Gasteiger partial charge in [0.15, 0.2) is 17.4 Å². The van der Waals surface area contributed by atoms with Crippen LogP contribution in [0.3, 0.4) is 0 Å². The highest BCUT2D eigenvalue weighted by Crippen LogP contribution is 2.45. The third-order valence-corrected chi connectivity index (χ3v) is 21.9. The van der Waals surface area contributed by atoms with Gasteiger partial charge in [-0.3, -0.25) is 32.7 Å². The molecule has 0 aliphatic carbocycles. The fraction of sp³-hybridized carbons (Fsp3) is 0.506. The number of nitrogens with zero attached hydrogens (tertiary/aromatic N) is 6. The third kappa shape index (κ3) is 20.3. The number of hydrogen-bond donors (Lipinski definition) is 3. The normalized spacial score (nSPS) is 21.7. The van der Waals surface area contributed by atoms with Crippen LogP contribution in [0.5, 0.6) is 0 Å². The molecule has 5 aromatic carbocycles. The van der Waals surface area contributed by atoms with Gasteiger partial charge in [0.25, 0.3) is 0 Å². The maximum atomic E-state index is 13.0. The van der Waals surface area contributed by atoms with Crippen molar-refractivity contribution in [1.29, 1.82) is 0 Å². The summed E-state index contributed by atoms with van der Waals surface area (Å²) < 4.78 is 40.5. The predicted molar refractivity (Wildman–Crippen MR) is 441 cm³/mol. The number of aliphatic hydroxyl groups is 2. The number of fused-ring (bicyclic) bond motifs is 2. The molecule has 3 saturated heterocycles. The second-order valence-corrected chi connectivity index (χ2v) is 34.2. The van der Waals surface area contributed by atoms with Gasteiger partial charge in [0.05, 0.1) is 73.4 Å². The van der Waals surface area contributed by atoms with E-state index in [2.05, 4.69) is 141 Å². The number of para-hydroxylation sites is 5.